The van der Waals surface area contributed by atoms with Gasteiger partial charge in [0, 0.05) is 44.2 Å². The average Bonchev–Trinajstić information content (AvgIpc) is 3.07. The van der Waals surface area contributed by atoms with Crippen LogP contribution in [0.5, 0.6) is 0 Å². The summed E-state index contributed by atoms with van der Waals surface area (Å²) in [5.41, 5.74) is 5.69. The molecule has 3 heterocycles. The fourth-order valence-electron chi connectivity index (χ4n) is 4.95. The van der Waals surface area contributed by atoms with Gasteiger partial charge in [-0.15, -0.1) is 0 Å². The highest BCUT2D eigenvalue weighted by Crippen LogP contribution is 2.40. The minimum Gasteiger partial charge on any atom is -0.478 e. The van der Waals surface area contributed by atoms with Gasteiger partial charge in [-0.05, 0) is 37.3 Å². The molecule has 1 aromatic carbocycles. The molecule has 1 aromatic rings. The molecule has 1 saturated heterocycles. The van der Waals surface area contributed by atoms with Crippen molar-refractivity contribution >= 4 is 17.5 Å². The molecule has 1 fully saturated rings. The Balaban J connectivity index is 1.79. The lowest BCUT2D eigenvalue weighted by Crippen LogP contribution is -2.42. The van der Waals surface area contributed by atoms with E-state index < -0.39 is 11.9 Å². The Bertz CT molecular complexity index is 1030. The number of carboxylic acid groups (broad SMARTS) is 2. The van der Waals surface area contributed by atoms with Crippen molar-refractivity contribution < 1.29 is 19.8 Å². The molecule has 0 aromatic heterocycles. The van der Waals surface area contributed by atoms with Gasteiger partial charge < -0.3 is 20.0 Å². The number of benzene rings is 1. The van der Waals surface area contributed by atoms with E-state index in [-0.39, 0.29) is 11.9 Å². The Morgan fingerprint density at radius 2 is 1.81 bits per heavy atom. The molecular weight excluding hydrogens is 406 g/mol. The van der Waals surface area contributed by atoms with Crippen molar-refractivity contribution in [3.8, 4) is 0 Å². The van der Waals surface area contributed by atoms with Gasteiger partial charge in [0.2, 0.25) is 0 Å². The van der Waals surface area contributed by atoms with E-state index in [0.717, 1.165) is 68.2 Å². The standard InChI is InChI=1S/C25H29N3O4/c1-17(2)16-26-10-7-19(8-11-26)23-20-6-4-3-5-18(20)9-12-27-13-14-28(24(23)27)21(25(31)32)15-22(29)30/h3-6,13-15,24H,1,7-12,16H2,2H3,(H,29,30)(H,31,32)/b21-15-. The average molecular weight is 436 g/mol. The molecule has 2 N–H and O–H groups in total. The monoisotopic (exact) mass is 435 g/mol. The molecule has 0 aliphatic carbocycles. The Morgan fingerprint density at radius 1 is 1.09 bits per heavy atom. The van der Waals surface area contributed by atoms with Gasteiger partial charge in [-0.3, -0.25) is 4.90 Å². The van der Waals surface area contributed by atoms with Crippen molar-refractivity contribution in [2.24, 2.45) is 0 Å². The lowest BCUT2D eigenvalue weighted by atomic mass is 9.88. The third-order valence-corrected chi connectivity index (χ3v) is 6.29. The van der Waals surface area contributed by atoms with E-state index in [1.165, 1.54) is 11.1 Å². The normalized spacial score (nSPS) is 21.3. The molecule has 0 spiro atoms. The van der Waals surface area contributed by atoms with E-state index >= 15 is 0 Å². The third kappa shape index (κ3) is 4.34. The summed E-state index contributed by atoms with van der Waals surface area (Å²) in [6.45, 7) is 9.52. The number of carbonyl (C=O) groups is 2. The number of likely N-dealkylation sites (tertiary alicyclic amines) is 1. The van der Waals surface area contributed by atoms with Crippen LogP contribution in [0.1, 0.15) is 30.9 Å². The highest BCUT2D eigenvalue weighted by Gasteiger charge is 2.39. The number of rotatable bonds is 5. The second kappa shape index (κ2) is 9.04. The summed E-state index contributed by atoms with van der Waals surface area (Å²) in [5.74, 6) is -2.53. The summed E-state index contributed by atoms with van der Waals surface area (Å²) >= 11 is 0. The van der Waals surface area contributed by atoms with Crippen LogP contribution in [0, 0.1) is 0 Å². The second-order valence-electron chi connectivity index (χ2n) is 8.65. The fraction of sp³-hybridized carbons (Fsp3) is 0.360. The van der Waals surface area contributed by atoms with E-state index in [4.69, 9.17) is 0 Å². The van der Waals surface area contributed by atoms with Crippen molar-refractivity contribution in [2.75, 3.05) is 26.2 Å². The molecule has 168 valence electrons. The lowest BCUT2D eigenvalue weighted by Gasteiger charge is -2.37. The SMILES string of the molecule is C=C(C)CN1CCC(=C2c3ccccc3CCN3C=CN(/C(=C\C(=O)O)C(=O)O)C23)CC1. The Morgan fingerprint density at radius 3 is 2.47 bits per heavy atom. The Kier molecular flexibility index (Phi) is 6.19. The predicted molar refractivity (Wildman–Crippen MR) is 122 cm³/mol. The lowest BCUT2D eigenvalue weighted by molar-refractivity contribution is -0.136. The van der Waals surface area contributed by atoms with E-state index in [9.17, 15) is 19.8 Å². The van der Waals surface area contributed by atoms with Crippen LogP contribution in [-0.2, 0) is 16.0 Å². The van der Waals surface area contributed by atoms with Crippen LogP contribution < -0.4 is 0 Å². The van der Waals surface area contributed by atoms with Gasteiger partial charge in [0.1, 0.15) is 11.9 Å². The zero-order valence-electron chi connectivity index (χ0n) is 18.3. The van der Waals surface area contributed by atoms with Gasteiger partial charge in [0.25, 0.3) is 0 Å². The van der Waals surface area contributed by atoms with Gasteiger partial charge >= 0.3 is 11.9 Å². The number of hydrogen-bond donors (Lipinski definition) is 2. The summed E-state index contributed by atoms with van der Waals surface area (Å²) < 4.78 is 0. The smallest absolute Gasteiger partial charge is 0.352 e. The van der Waals surface area contributed by atoms with E-state index in [1.807, 2.05) is 25.3 Å². The molecule has 0 bridgehead atoms. The molecule has 0 amide bonds. The Hall–Kier alpha value is -3.32. The summed E-state index contributed by atoms with van der Waals surface area (Å²) in [5, 5.41) is 19.1. The van der Waals surface area contributed by atoms with Crippen LogP contribution in [0.2, 0.25) is 0 Å². The Labute approximate surface area is 188 Å². The van der Waals surface area contributed by atoms with Crippen LogP contribution in [0.4, 0.5) is 0 Å². The molecular formula is C25H29N3O4. The quantitative estimate of drug-likeness (QED) is 0.543. The fourth-order valence-corrected chi connectivity index (χ4v) is 4.95. The first-order valence-electron chi connectivity index (χ1n) is 10.9. The van der Waals surface area contributed by atoms with Gasteiger partial charge in [-0.2, -0.15) is 0 Å². The molecule has 32 heavy (non-hydrogen) atoms. The van der Waals surface area contributed by atoms with Crippen molar-refractivity contribution in [1.29, 1.82) is 0 Å². The largest absolute Gasteiger partial charge is 0.478 e. The van der Waals surface area contributed by atoms with Crippen LogP contribution >= 0.6 is 0 Å². The van der Waals surface area contributed by atoms with Crippen molar-refractivity contribution in [2.45, 2.75) is 32.4 Å². The van der Waals surface area contributed by atoms with E-state index in [1.54, 1.807) is 11.1 Å². The van der Waals surface area contributed by atoms with Crippen molar-refractivity contribution in [3.05, 3.63) is 77.3 Å². The first-order chi connectivity index (χ1) is 15.3. The van der Waals surface area contributed by atoms with Gasteiger partial charge in [0.15, 0.2) is 0 Å². The van der Waals surface area contributed by atoms with Crippen LogP contribution in [0.25, 0.3) is 5.57 Å². The number of fused-ring (bicyclic) bond motifs is 2. The molecule has 1 unspecified atom stereocenters. The maximum atomic E-state index is 12.0. The molecule has 7 heteroatoms. The number of hydrogen-bond acceptors (Lipinski definition) is 5. The second-order valence-corrected chi connectivity index (χ2v) is 8.65. The van der Waals surface area contributed by atoms with Crippen LogP contribution in [-0.4, -0.2) is 69.2 Å². The van der Waals surface area contributed by atoms with Crippen LogP contribution in [0.15, 0.2) is 66.2 Å². The number of carboxylic acids is 2. The molecule has 3 aliphatic heterocycles. The predicted octanol–water partition coefficient (Wildman–Crippen LogP) is 3.14. The molecule has 7 nitrogen and oxygen atoms in total. The third-order valence-electron chi connectivity index (χ3n) is 6.29. The van der Waals surface area contributed by atoms with Gasteiger partial charge in [-0.1, -0.05) is 42.0 Å². The summed E-state index contributed by atoms with van der Waals surface area (Å²) in [7, 11) is 0. The van der Waals surface area contributed by atoms with E-state index in [0.29, 0.717) is 0 Å². The zero-order chi connectivity index (χ0) is 22.8. The molecule has 4 rings (SSSR count). The molecule has 0 saturated carbocycles. The summed E-state index contributed by atoms with van der Waals surface area (Å²) in [6.07, 6.45) is 6.60. The minimum absolute atomic E-state index is 0.238. The maximum Gasteiger partial charge on any atom is 0.352 e. The van der Waals surface area contributed by atoms with Crippen molar-refractivity contribution in [3.63, 3.8) is 0 Å². The number of nitrogens with zero attached hydrogens (tertiary/aromatic N) is 3. The molecule has 1 atom stereocenters. The van der Waals surface area contributed by atoms with Gasteiger partial charge in [-0.25, -0.2) is 9.59 Å². The molecule has 3 aliphatic rings. The first-order valence-corrected chi connectivity index (χ1v) is 10.9. The summed E-state index contributed by atoms with van der Waals surface area (Å²) in [4.78, 5) is 29.5. The topological polar surface area (TPSA) is 84.3 Å². The number of piperidine rings is 1. The maximum absolute atomic E-state index is 12.0. The highest BCUT2D eigenvalue weighted by atomic mass is 16.4. The minimum atomic E-state index is -1.27. The highest BCUT2D eigenvalue weighted by molar-refractivity contribution is 5.95. The number of aliphatic carboxylic acids is 2. The van der Waals surface area contributed by atoms with Gasteiger partial charge in [0.05, 0.1) is 6.08 Å². The van der Waals surface area contributed by atoms with Crippen molar-refractivity contribution in [1.82, 2.24) is 14.7 Å². The van der Waals surface area contributed by atoms with Crippen LogP contribution in [0.3, 0.4) is 0 Å². The first kappa shape index (κ1) is 21.9. The summed E-state index contributed by atoms with van der Waals surface area (Å²) in [6, 6.07) is 8.30. The zero-order valence-corrected chi connectivity index (χ0v) is 18.3. The molecule has 0 radical (unpaired) electrons. The van der Waals surface area contributed by atoms with E-state index in [2.05, 4.69) is 28.5 Å².